The second-order valence-electron chi connectivity index (χ2n) is 6.01. The molecule has 1 atom stereocenters. The molecule has 0 spiro atoms. The summed E-state index contributed by atoms with van der Waals surface area (Å²) in [5.74, 6) is 0.176. The molecule has 1 aliphatic rings. The average Bonchev–Trinajstić information content (AvgIpc) is 2.54. The number of benzene rings is 1. The third kappa shape index (κ3) is 3.72. The minimum atomic E-state index is -0.370. The van der Waals surface area contributed by atoms with Gasteiger partial charge in [-0.25, -0.2) is 4.98 Å². The number of nitrogens with one attached hydrogen (secondary N) is 1. The average molecular weight is 331 g/mol. The first-order valence-corrected chi connectivity index (χ1v) is 7.85. The number of aromatic amines is 1. The van der Waals surface area contributed by atoms with Crippen molar-refractivity contribution in [1.29, 1.82) is 0 Å². The Morgan fingerprint density at radius 1 is 1.50 bits per heavy atom. The van der Waals surface area contributed by atoms with Crippen LogP contribution in [0, 0.1) is 0 Å². The molecule has 24 heavy (non-hydrogen) atoms. The molecule has 1 amide bonds. The maximum absolute atomic E-state index is 12.2. The number of primary amides is 1. The normalized spacial score (nSPS) is 18.2. The first-order valence-electron chi connectivity index (χ1n) is 7.85. The number of ether oxygens (including phenoxy) is 1. The van der Waals surface area contributed by atoms with Crippen molar-refractivity contribution in [2.24, 2.45) is 5.73 Å². The van der Waals surface area contributed by atoms with Crippen LogP contribution in [0.25, 0.3) is 10.9 Å². The lowest BCUT2D eigenvalue weighted by atomic mass is 10.2. The zero-order chi connectivity index (χ0) is 17.1. The lowest BCUT2D eigenvalue weighted by Gasteiger charge is -2.34. The summed E-state index contributed by atoms with van der Waals surface area (Å²) in [6.07, 6.45) is -0.0835. The van der Waals surface area contributed by atoms with Crippen LogP contribution in [0.15, 0.2) is 29.1 Å². The summed E-state index contributed by atoms with van der Waals surface area (Å²) >= 11 is 0. The Balaban J connectivity index is 1.75. The predicted octanol–water partition coefficient (Wildman–Crippen LogP) is -0.455. The topological polar surface area (TPSA) is 105 Å². The van der Waals surface area contributed by atoms with Crippen molar-refractivity contribution in [3.63, 3.8) is 0 Å². The number of rotatable bonds is 5. The highest BCUT2D eigenvalue weighted by Crippen LogP contribution is 2.15. The van der Waals surface area contributed by atoms with E-state index in [-0.39, 0.29) is 24.1 Å². The molecule has 3 N–H and O–H groups in total. The van der Waals surface area contributed by atoms with E-state index in [4.69, 9.17) is 10.5 Å². The highest BCUT2D eigenvalue weighted by molar-refractivity contribution is 5.78. The molecule has 0 radical (unpaired) electrons. The van der Waals surface area contributed by atoms with E-state index in [2.05, 4.69) is 9.97 Å². The van der Waals surface area contributed by atoms with Gasteiger partial charge in [0.15, 0.2) is 0 Å². The number of likely N-dealkylation sites (N-methyl/N-ethyl adjacent to an activating group) is 1. The molecule has 1 unspecified atom stereocenters. The molecule has 0 saturated carbocycles. The first kappa shape index (κ1) is 16.4. The van der Waals surface area contributed by atoms with E-state index in [0.29, 0.717) is 43.1 Å². The second kappa shape index (κ2) is 6.98. The number of amides is 1. The Labute approximate surface area is 139 Å². The molecule has 3 rings (SSSR count). The fraction of sp³-hybridized carbons (Fsp3) is 0.438. The molecular formula is C16H21N5O3. The van der Waals surface area contributed by atoms with Gasteiger partial charge in [-0.15, -0.1) is 0 Å². The van der Waals surface area contributed by atoms with Crippen LogP contribution in [0.4, 0.5) is 5.95 Å². The van der Waals surface area contributed by atoms with Crippen LogP contribution in [0.1, 0.15) is 0 Å². The van der Waals surface area contributed by atoms with Crippen LogP contribution in [-0.4, -0.2) is 66.7 Å². The van der Waals surface area contributed by atoms with E-state index < -0.39 is 0 Å². The fourth-order valence-corrected chi connectivity index (χ4v) is 2.92. The zero-order valence-corrected chi connectivity index (χ0v) is 13.6. The molecule has 8 nitrogen and oxygen atoms in total. The number of H-pyrrole nitrogens is 1. The quantitative estimate of drug-likeness (QED) is 0.769. The zero-order valence-electron chi connectivity index (χ0n) is 13.6. The molecule has 0 bridgehead atoms. The van der Waals surface area contributed by atoms with Crippen LogP contribution in [0.5, 0.6) is 0 Å². The van der Waals surface area contributed by atoms with Gasteiger partial charge in [-0.05, 0) is 19.2 Å². The number of carbonyl (C=O) groups is 1. The molecule has 8 heteroatoms. The fourth-order valence-electron chi connectivity index (χ4n) is 2.92. The van der Waals surface area contributed by atoms with Gasteiger partial charge in [-0.3, -0.25) is 19.5 Å². The summed E-state index contributed by atoms with van der Waals surface area (Å²) in [7, 11) is 1.82. The maximum atomic E-state index is 12.2. The van der Waals surface area contributed by atoms with Crippen molar-refractivity contribution in [3.05, 3.63) is 34.6 Å². The van der Waals surface area contributed by atoms with Crippen molar-refractivity contribution in [2.75, 3.05) is 44.7 Å². The molecule has 1 fully saturated rings. The van der Waals surface area contributed by atoms with Gasteiger partial charge in [0.2, 0.25) is 11.9 Å². The number of nitrogens with two attached hydrogens (primary N) is 1. The summed E-state index contributed by atoms with van der Waals surface area (Å²) < 4.78 is 5.74. The number of morpholine rings is 1. The van der Waals surface area contributed by atoms with Gasteiger partial charge in [0.25, 0.3) is 5.56 Å². The number of para-hydroxylation sites is 1. The van der Waals surface area contributed by atoms with E-state index in [1.165, 1.54) is 0 Å². The van der Waals surface area contributed by atoms with Crippen molar-refractivity contribution in [3.8, 4) is 0 Å². The molecule has 2 heterocycles. The third-order valence-electron chi connectivity index (χ3n) is 3.98. The van der Waals surface area contributed by atoms with E-state index in [1.807, 2.05) is 35.0 Å². The Bertz CT molecular complexity index is 791. The van der Waals surface area contributed by atoms with Gasteiger partial charge < -0.3 is 15.4 Å². The van der Waals surface area contributed by atoms with Crippen LogP contribution in [0.2, 0.25) is 0 Å². The molecule has 128 valence electrons. The molecule has 1 aromatic carbocycles. The van der Waals surface area contributed by atoms with E-state index in [0.717, 1.165) is 0 Å². The molecular weight excluding hydrogens is 310 g/mol. The smallest absolute Gasteiger partial charge is 0.260 e. The molecule has 1 aliphatic heterocycles. The Morgan fingerprint density at radius 2 is 2.29 bits per heavy atom. The summed E-state index contributed by atoms with van der Waals surface area (Å²) in [6, 6.07) is 7.26. The molecule has 0 aliphatic carbocycles. The van der Waals surface area contributed by atoms with Crippen LogP contribution in [0.3, 0.4) is 0 Å². The third-order valence-corrected chi connectivity index (χ3v) is 3.98. The van der Waals surface area contributed by atoms with E-state index in [1.54, 1.807) is 6.07 Å². The number of aromatic nitrogens is 2. The summed E-state index contributed by atoms with van der Waals surface area (Å²) in [5, 5.41) is 0.576. The van der Waals surface area contributed by atoms with Crippen LogP contribution in [-0.2, 0) is 9.53 Å². The minimum absolute atomic E-state index is 0.0835. The summed E-state index contributed by atoms with van der Waals surface area (Å²) in [6.45, 7) is 2.54. The lowest BCUT2D eigenvalue weighted by molar-refractivity contribution is -0.119. The highest BCUT2D eigenvalue weighted by atomic mass is 16.5. The molecule has 2 aromatic rings. The standard InChI is InChI=1S/C16H21N5O3/c1-20(10-14(17)22)8-11-9-21(6-7-24-11)16-18-13-5-3-2-4-12(13)15(23)19-16/h2-5,11H,6-10H2,1H3,(H2,17,22)(H,18,19,23). The number of carbonyl (C=O) groups excluding carboxylic acids is 1. The van der Waals surface area contributed by atoms with Gasteiger partial charge in [0.05, 0.1) is 30.2 Å². The van der Waals surface area contributed by atoms with Crippen molar-refractivity contribution in [1.82, 2.24) is 14.9 Å². The number of hydrogen-bond acceptors (Lipinski definition) is 6. The predicted molar refractivity (Wildman–Crippen MR) is 91.0 cm³/mol. The van der Waals surface area contributed by atoms with Gasteiger partial charge in [-0.1, -0.05) is 12.1 Å². The molecule has 1 saturated heterocycles. The Morgan fingerprint density at radius 3 is 3.08 bits per heavy atom. The van der Waals surface area contributed by atoms with Gasteiger partial charge in [0.1, 0.15) is 0 Å². The SMILES string of the molecule is CN(CC(N)=O)CC1CN(c2nc3ccccc3c(=O)[nH]2)CCO1. The molecule has 1 aromatic heterocycles. The second-order valence-corrected chi connectivity index (χ2v) is 6.01. The lowest BCUT2D eigenvalue weighted by Crippen LogP contribution is -2.48. The van der Waals surface area contributed by atoms with Gasteiger partial charge >= 0.3 is 0 Å². The van der Waals surface area contributed by atoms with Crippen molar-refractivity contribution < 1.29 is 9.53 Å². The van der Waals surface area contributed by atoms with Crippen LogP contribution >= 0.6 is 0 Å². The van der Waals surface area contributed by atoms with Crippen molar-refractivity contribution in [2.45, 2.75) is 6.10 Å². The largest absolute Gasteiger partial charge is 0.373 e. The Kier molecular flexibility index (Phi) is 4.77. The van der Waals surface area contributed by atoms with Gasteiger partial charge in [0, 0.05) is 19.6 Å². The van der Waals surface area contributed by atoms with Crippen molar-refractivity contribution >= 4 is 22.8 Å². The minimum Gasteiger partial charge on any atom is -0.373 e. The summed E-state index contributed by atoms with van der Waals surface area (Å²) in [4.78, 5) is 34.4. The maximum Gasteiger partial charge on any atom is 0.260 e. The van der Waals surface area contributed by atoms with E-state index >= 15 is 0 Å². The number of fused-ring (bicyclic) bond motifs is 1. The first-order chi connectivity index (χ1) is 11.5. The number of nitrogens with zero attached hydrogens (tertiary/aromatic N) is 3. The number of hydrogen-bond donors (Lipinski definition) is 2. The van der Waals surface area contributed by atoms with Gasteiger partial charge in [-0.2, -0.15) is 0 Å². The monoisotopic (exact) mass is 331 g/mol. The highest BCUT2D eigenvalue weighted by Gasteiger charge is 2.24. The summed E-state index contributed by atoms with van der Waals surface area (Å²) in [5.41, 5.74) is 5.73. The van der Waals surface area contributed by atoms with Crippen LogP contribution < -0.4 is 16.2 Å². The van der Waals surface area contributed by atoms with E-state index in [9.17, 15) is 9.59 Å². The number of anilines is 1. The Hall–Kier alpha value is -2.45.